The number of imide groups is 1. The van der Waals surface area contributed by atoms with E-state index in [4.69, 9.17) is 16.3 Å². The number of carbonyl (C=O) groups is 3. The van der Waals surface area contributed by atoms with Gasteiger partial charge in [0, 0.05) is 12.1 Å². The number of nitrogens with zero attached hydrogens (tertiary/aromatic N) is 2. The molecule has 1 aliphatic carbocycles. The molecule has 2 aliphatic rings. The standard InChI is InChI=1S/C20H26ClN3O4/c1-14-5-3-4-10-20(14)18(26)24(19(27)22-20)13-17(25)23(2)11-12-28-16-8-6-15(21)7-9-16/h6-9,14H,3-5,10-13H2,1-2H3,(H,22,27)/t14-,20-/m0/s1. The molecule has 1 N–H and O–H groups in total. The highest BCUT2D eigenvalue weighted by Crippen LogP contribution is 2.38. The molecule has 3 rings (SSSR count). The molecule has 1 aromatic rings. The van der Waals surface area contributed by atoms with Crippen molar-refractivity contribution in [1.29, 1.82) is 0 Å². The smallest absolute Gasteiger partial charge is 0.325 e. The highest BCUT2D eigenvalue weighted by atomic mass is 35.5. The maximum atomic E-state index is 12.9. The molecule has 1 aromatic carbocycles. The number of likely N-dealkylation sites (N-methyl/N-ethyl adjacent to an activating group) is 1. The number of amides is 4. The van der Waals surface area contributed by atoms with Crippen LogP contribution < -0.4 is 10.1 Å². The van der Waals surface area contributed by atoms with E-state index in [2.05, 4.69) is 5.32 Å². The largest absolute Gasteiger partial charge is 0.492 e. The van der Waals surface area contributed by atoms with Crippen molar-refractivity contribution in [1.82, 2.24) is 15.1 Å². The first-order chi connectivity index (χ1) is 13.3. The monoisotopic (exact) mass is 407 g/mol. The summed E-state index contributed by atoms with van der Waals surface area (Å²) >= 11 is 5.83. The average molecular weight is 408 g/mol. The lowest BCUT2D eigenvalue weighted by Crippen LogP contribution is -2.54. The molecule has 1 saturated heterocycles. The number of carbonyl (C=O) groups excluding carboxylic acids is 3. The fourth-order valence-corrected chi connectivity index (χ4v) is 3.98. The van der Waals surface area contributed by atoms with E-state index in [0.29, 0.717) is 30.3 Å². The van der Waals surface area contributed by atoms with E-state index in [1.165, 1.54) is 4.90 Å². The second kappa shape index (κ2) is 8.39. The Morgan fingerprint density at radius 2 is 2.04 bits per heavy atom. The van der Waals surface area contributed by atoms with Crippen molar-refractivity contribution in [2.45, 2.75) is 38.1 Å². The van der Waals surface area contributed by atoms with Crippen molar-refractivity contribution in [2.75, 3.05) is 26.7 Å². The van der Waals surface area contributed by atoms with Gasteiger partial charge in [0.2, 0.25) is 5.91 Å². The van der Waals surface area contributed by atoms with Crippen LogP contribution in [0.2, 0.25) is 5.02 Å². The summed E-state index contributed by atoms with van der Waals surface area (Å²) in [6.07, 6.45) is 3.49. The molecule has 152 valence electrons. The summed E-state index contributed by atoms with van der Waals surface area (Å²) in [6.45, 7) is 2.37. The lowest BCUT2D eigenvalue weighted by molar-refractivity contribution is -0.140. The molecule has 1 saturated carbocycles. The molecule has 2 atom stereocenters. The SMILES string of the molecule is C[C@H]1CCCC[C@]12NC(=O)N(CC(=O)N(C)CCOc1ccc(Cl)cc1)C2=O. The van der Waals surface area contributed by atoms with Gasteiger partial charge in [0.1, 0.15) is 24.4 Å². The van der Waals surface area contributed by atoms with Crippen LogP contribution in [0.3, 0.4) is 0 Å². The van der Waals surface area contributed by atoms with Crippen molar-refractivity contribution in [3.8, 4) is 5.75 Å². The summed E-state index contributed by atoms with van der Waals surface area (Å²) in [5.74, 6) is 0.156. The van der Waals surface area contributed by atoms with Crippen LogP contribution in [0.1, 0.15) is 32.6 Å². The normalized spacial score (nSPS) is 24.4. The number of hydrogen-bond acceptors (Lipinski definition) is 4. The first-order valence-electron chi connectivity index (χ1n) is 9.60. The predicted octanol–water partition coefficient (Wildman–Crippen LogP) is 2.68. The molecular weight excluding hydrogens is 382 g/mol. The summed E-state index contributed by atoms with van der Waals surface area (Å²) in [6, 6.07) is 6.49. The zero-order valence-corrected chi connectivity index (χ0v) is 17.0. The molecule has 1 heterocycles. The Balaban J connectivity index is 1.52. The van der Waals surface area contributed by atoms with Crippen LogP contribution in [-0.2, 0) is 9.59 Å². The van der Waals surface area contributed by atoms with Crippen LogP contribution in [0.5, 0.6) is 5.75 Å². The summed E-state index contributed by atoms with van der Waals surface area (Å²) in [5.41, 5.74) is -0.841. The van der Waals surface area contributed by atoms with Crippen molar-refractivity contribution < 1.29 is 19.1 Å². The third-order valence-electron chi connectivity index (χ3n) is 5.73. The van der Waals surface area contributed by atoms with Gasteiger partial charge in [-0.15, -0.1) is 0 Å². The van der Waals surface area contributed by atoms with Gasteiger partial charge in [0.25, 0.3) is 5.91 Å². The number of rotatable bonds is 6. The maximum absolute atomic E-state index is 12.9. The fourth-order valence-electron chi connectivity index (χ4n) is 3.85. The Labute approximate surface area is 169 Å². The van der Waals surface area contributed by atoms with Gasteiger partial charge in [-0.3, -0.25) is 14.5 Å². The number of nitrogens with one attached hydrogen (secondary N) is 1. The second-order valence-electron chi connectivity index (χ2n) is 7.56. The van der Waals surface area contributed by atoms with Gasteiger partial charge in [-0.05, 0) is 43.0 Å². The minimum Gasteiger partial charge on any atom is -0.492 e. The number of hydrogen-bond donors (Lipinski definition) is 1. The van der Waals surface area contributed by atoms with E-state index in [0.717, 1.165) is 24.2 Å². The van der Waals surface area contributed by atoms with Gasteiger partial charge < -0.3 is 15.0 Å². The topological polar surface area (TPSA) is 79.0 Å². The third-order valence-corrected chi connectivity index (χ3v) is 5.98. The number of ether oxygens (including phenoxy) is 1. The zero-order chi connectivity index (χ0) is 20.3. The predicted molar refractivity (Wildman–Crippen MR) is 105 cm³/mol. The summed E-state index contributed by atoms with van der Waals surface area (Å²) in [5, 5.41) is 3.49. The van der Waals surface area contributed by atoms with E-state index in [9.17, 15) is 14.4 Å². The molecule has 1 spiro atoms. The second-order valence-corrected chi connectivity index (χ2v) is 7.99. The molecule has 28 heavy (non-hydrogen) atoms. The van der Waals surface area contributed by atoms with Crippen LogP contribution in [-0.4, -0.2) is 59.9 Å². The minimum absolute atomic E-state index is 0.0725. The average Bonchev–Trinajstić information content (AvgIpc) is 2.90. The van der Waals surface area contributed by atoms with Crippen molar-refractivity contribution in [3.63, 3.8) is 0 Å². The van der Waals surface area contributed by atoms with E-state index >= 15 is 0 Å². The Bertz CT molecular complexity index is 754. The molecule has 0 radical (unpaired) electrons. The third kappa shape index (κ3) is 4.09. The van der Waals surface area contributed by atoms with Gasteiger partial charge in [-0.2, -0.15) is 0 Å². The van der Waals surface area contributed by atoms with Crippen LogP contribution in [0, 0.1) is 5.92 Å². The molecule has 7 nitrogen and oxygen atoms in total. The quantitative estimate of drug-likeness (QED) is 0.735. The van der Waals surface area contributed by atoms with E-state index in [-0.39, 0.29) is 24.3 Å². The van der Waals surface area contributed by atoms with Gasteiger partial charge in [0.15, 0.2) is 0 Å². The number of urea groups is 1. The highest BCUT2D eigenvalue weighted by Gasteiger charge is 2.55. The summed E-state index contributed by atoms with van der Waals surface area (Å²) < 4.78 is 5.59. The van der Waals surface area contributed by atoms with E-state index < -0.39 is 11.6 Å². The fraction of sp³-hybridized carbons (Fsp3) is 0.550. The highest BCUT2D eigenvalue weighted by molar-refractivity contribution is 6.30. The molecule has 0 unspecified atom stereocenters. The van der Waals surface area contributed by atoms with Crippen molar-refractivity contribution >= 4 is 29.4 Å². The first-order valence-corrected chi connectivity index (χ1v) is 9.98. The Morgan fingerprint density at radius 3 is 2.71 bits per heavy atom. The lowest BCUT2D eigenvalue weighted by atomic mass is 9.73. The van der Waals surface area contributed by atoms with E-state index in [1.54, 1.807) is 31.3 Å². The van der Waals surface area contributed by atoms with Crippen molar-refractivity contribution in [3.05, 3.63) is 29.3 Å². The molecule has 0 aromatic heterocycles. The number of halogens is 1. The molecular formula is C20H26ClN3O4. The molecule has 4 amide bonds. The summed E-state index contributed by atoms with van der Waals surface area (Å²) in [7, 11) is 1.63. The van der Waals surface area contributed by atoms with Crippen molar-refractivity contribution in [2.24, 2.45) is 5.92 Å². The van der Waals surface area contributed by atoms with Crippen LogP contribution in [0.15, 0.2) is 24.3 Å². The van der Waals surface area contributed by atoms with Crippen LogP contribution >= 0.6 is 11.6 Å². The zero-order valence-electron chi connectivity index (χ0n) is 16.2. The summed E-state index contributed by atoms with van der Waals surface area (Å²) in [4.78, 5) is 40.3. The maximum Gasteiger partial charge on any atom is 0.325 e. The van der Waals surface area contributed by atoms with E-state index in [1.807, 2.05) is 6.92 Å². The van der Waals surface area contributed by atoms with Gasteiger partial charge >= 0.3 is 6.03 Å². The minimum atomic E-state index is -0.841. The van der Waals surface area contributed by atoms with Crippen LogP contribution in [0.4, 0.5) is 4.79 Å². The molecule has 1 aliphatic heterocycles. The Morgan fingerprint density at radius 1 is 1.32 bits per heavy atom. The van der Waals surface area contributed by atoms with Gasteiger partial charge in [-0.1, -0.05) is 31.4 Å². The van der Waals surface area contributed by atoms with Gasteiger partial charge in [0.05, 0.1) is 6.54 Å². The molecule has 2 fully saturated rings. The Kier molecular flexibility index (Phi) is 6.13. The first kappa shape index (κ1) is 20.5. The van der Waals surface area contributed by atoms with Gasteiger partial charge in [-0.25, -0.2) is 4.79 Å². The Hall–Kier alpha value is -2.28. The molecule has 0 bridgehead atoms. The van der Waals surface area contributed by atoms with Crippen LogP contribution in [0.25, 0.3) is 0 Å². The number of benzene rings is 1. The lowest BCUT2D eigenvalue weighted by Gasteiger charge is -2.36. The molecule has 8 heteroatoms.